The lowest BCUT2D eigenvalue weighted by molar-refractivity contribution is -0.143. The summed E-state index contributed by atoms with van der Waals surface area (Å²) in [6.45, 7) is 0.222. The summed E-state index contributed by atoms with van der Waals surface area (Å²) < 4.78 is 32.3. The molecule has 0 spiro atoms. The number of nitriles is 1. The number of rotatable bonds is 4. The first-order valence-electron chi connectivity index (χ1n) is 9.24. The summed E-state index contributed by atoms with van der Waals surface area (Å²) in [5.74, 6) is -2.37. The smallest absolute Gasteiger partial charge is 0.251 e. The predicted octanol–water partition coefficient (Wildman–Crippen LogP) is 2.81. The minimum Gasteiger partial charge on any atom is -0.379 e. The van der Waals surface area contributed by atoms with Gasteiger partial charge in [-0.05, 0) is 31.4 Å². The zero-order valence-electron chi connectivity index (χ0n) is 15.3. The number of pyridine rings is 1. The lowest BCUT2D eigenvalue weighted by atomic mass is 9.82. The Morgan fingerprint density at radius 1 is 1.41 bits per heavy atom. The number of nitrogens with one attached hydrogen (secondary N) is 1. The van der Waals surface area contributed by atoms with Gasteiger partial charge in [0.2, 0.25) is 5.91 Å². The summed E-state index contributed by atoms with van der Waals surface area (Å²) in [5, 5.41) is 12.3. The fourth-order valence-electron chi connectivity index (χ4n) is 3.88. The van der Waals surface area contributed by atoms with Crippen LogP contribution in [-0.4, -0.2) is 54.1 Å². The molecule has 2 aliphatic rings. The lowest BCUT2D eigenvalue weighted by Gasteiger charge is -2.39. The molecular formula is C19H24F2N4O2. The number of ether oxygens (including phenoxy) is 1. The number of nitrogens with zero attached hydrogens (tertiary/aromatic N) is 3. The Kier molecular flexibility index (Phi) is 5.90. The summed E-state index contributed by atoms with van der Waals surface area (Å²) >= 11 is 0. The maximum absolute atomic E-state index is 13.4. The van der Waals surface area contributed by atoms with E-state index in [0.29, 0.717) is 30.6 Å². The van der Waals surface area contributed by atoms with E-state index in [0.717, 1.165) is 0 Å². The third kappa shape index (κ3) is 4.72. The average molecular weight is 378 g/mol. The zero-order chi connectivity index (χ0) is 19.4. The maximum atomic E-state index is 13.4. The van der Waals surface area contributed by atoms with E-state index in [1.54, 1.807) is 30.3 Å². The molecule has 0 radical (unpaired) electrons. The Balaban J connectivity index is 1.65. The van der Waals surface area contributed by atoms with E-state index in [-0.39, 0.29) is 49.9 Å². The SMILES string of the molecule is CO[C@@H]1CC[C@H](C(=O)N2CCC(F)(F)CC2)C[C@H]1Nc1cc(C#N)ccn1. The number of methoxy groups -OCH3 is 1. The molecule has 6 nitrogen and oxygen atoms in total. The van der Waals surface area contributed by atoms with Crippen molar-refractivity contribution in [1.29, 1.82) is 5.26 Å². The Morgan fingerprint density at radius 3 is 2.81 bits per heavy atom. The average Bonchev–Trinajstić information content (AvgIpc) is 2.67. The van der Waals surface area contributed by atoms with E-state index < -0.39 is 5.92 Å². The molecule has 0 aromatic carbocycles. The van der Waals surface area contributed by atoms with Gasteiger partial charge in [0, 0.05) is 45.2 Å². The van der Waals surface area contributed by atoms with Crippen molar-refractivity contribution in [2.24, 2.45) is 5.92 Å². The van der Waals surface area contributed by atoms with Crippen molar-refractivity contribution in [3.63, 3.8) is 0 Å². The molecule has 1 amide bonds. The fraction of sp³-hybridized carbons (Fsp3) is 0.632. The van der Waals surface area contributed by atoms with Gasteiger partial charge in [0.25, 0.3) is 5.92 Å². The van der Waals surface area contributed by atoms with Crippen molar-refractivity contribution in [2.75, 3.05) is 25.5 Å². The van der Waals surface area contributed by atoms with Gasteiger partial charge in [-0.2, -0.15) is 5.26 Å². The largest absolute Gasteiger partial charge is 0.379 e. The summed E-state index contributed by atoms with van der Waals surface area (Å²) in [6.07, 6.45) is 2.87. The molecule has 0 bridgehead atoms. The number of hydrogen-bond acceptors (Lipinski definition) is 5. The van der Waals surface area contributed by atoms with Gasteiger partial charge in [-0.15, -0.1) is 0 Å². The molecule has 27 heavy (non-hydrogen) atoms. The van der Waals surface area contributed by atoms with Crippen LogP contribution in [0.4, 0.5) is 14.6 Å². The topological polar surface area (TPSA) is 78.2 Å². The van der Waals surface area contributed by atoms with E-state index in [9.17, 15) is 13.6 Å². The number of aromatic nitrogens is 1. The van der Waals surface area contributed by atoms with E-state index in [2.05, 4.69) is 16.4 Å². The first-order valence-corrected chi connectivity index (χ1v) is 9.24. The molecule has 146 valence electrons. The first kappa shape index (κ1) is 19.5. The fourth-order valence-corrected chi connectivity index (χ4v) is 3.88. The van der Waals surface area contributed by atoms with Gasteiger partial charge in [0.1, 0.15) is 5.82 Å². The summed E-state index contributed by atoms with van der Waals surface area (Å²) in [6, 6.07) is 5.22. The van der Waals surface area contributed by atoms with Gasteiger partial charge in [0.15, 0.2) is 0 Å². The third-order valence-electron chi connectivity index (χ3n) is 5.47. The molecule has 1 aromatic rings. The summed E-state index contributed by atoms with van der Waals surface area (Å²) in [7, 11) is 1.63. The molecule has 1 aromatic heterocycles. The highest BCUT2D eigenvalue weighted by atomic mass is 19.3. The van der Waals surface area contributed by atoms with Crippen LogP contribution >= 0.6 is 0 Å². The number of carbonyl (C=O) groups excluding carboxylic acids is 1. The number of hydrogen-bond donors (Lipinski definition) is 1. The van der Waals surface area contributed by atoms with Crippen molar-refractivity contribution in [3.05, 3.63) is 23.9 Å². The minimum atomic E-state index is -2.66. The molecule has 3 atom stereocenters. The highest BCUT2D eigenvalue weighted by molar-refractivity contribution is 5.79. The molecule has 1 aliphatic heterocycles. The van der Waals surface area contributed by atoms with E-state index in [4.69, 9.17) is 10.00 Å². The second-order valence-corrected chi connectivity index (χ2v) is 7.26. The molecule has 1 aliphatic carbocycles. The minimum absolute atomic E-state index is 0.0504. The Bertz CT molecular complexity index is 712. The van der Waals surface area contributed by atoms with Crippen LogP contribution in [0.2, 0.25) is 0 Å². The van der Waals surface area contributed by atoms with Crippen molar-refractivity contribution in [3.8, 4) is 6.07 Å². The van der Waals surface area contributed by atoms with E-state index in [1.807, 2.05) is 0 Å². The van der Waals surface area contributed by atoms with Crippen LogP contribution in [-0.2, 0) is 9.53 Å². The van der Waals surface area contributed by atoms with Gasteiger partial charge in [-0.1, -0.05) is 0 Å². The molecule has 0 unspecified atom stereocenters. The van der Waals surface area contributed by atoms with Crippen molar-refractivity contribution in [1.82, 2.24) is 9.88 Å². The Hall–Kier alpha value is -2.27. The van der Waals surface area contributed by atoms with Crippen LogP contribution in [0.1, 0.15) is 37.7 Å². The zero-order valence-corrected chi connectivity index (χ0v) is 15.3. The van der Waals surface area contributed by atoms with Crippen molar-refractivity contribution >= 4 is 11.7 Å². The lowest BCUT2D eigenvalue weighted by Crippen LogP contribution is -2.49. The third-order valence-corrected chi connectivity index (χ3v) is 5.47. The quantitative estimate of drug-likeness (QED) is 0.872. The van der Waals surface area contributed by atoms with Crippen LogP contribution in [0.15, 0.2) is 18.3 Å². The standard InChI is InChI=1S/C19H24F2N4O2/c1-27-16-3-2-14(18(26)25-8-5-19(20,21)6-9-25)11-15(16)24-17-10-13(12-22)4-7-23-17/h4,7,10,14-16H,2-3,5-6,8-9,11H2,1H3,(H,23,24)/t14-,15+,16+/m0/s1. The highest BCUT2D eigenvalue weighted by Gasteiger charge is 2.40. The molecular weight excluding hydrogens is 354 g/mol. The second kappa shape index (κ2) is 8.17. The van der Waals surface area contributed by atoms with Crippen molar-refractivity contribution in [2.45, 2.75) is 50.2 Å². The molecule has 1 N–H and O–H groups in total. The van der Waals surface area contributed by atoms with Crippen LogP contribution in [0.3, 0.4) is 0 Å². The molecule has 3 rings (SSSR count). The van der Waals surface area contributed by atoms with E-state index >= 15 is 0 Å². The normalized spacial score (nSPS) is 27.6. The highest BCUT2D eigenvalue weighted by Crippen LogP contribution is 2.33. The number of carbonyl (C=O) groups is 1. The molecule has 8 heteroatoms. The van der Waals surface area contributed by atoms with E-state index in [1.165, 1.54) is 0 Å². The number of amides is 1. The Morgan fingerprint density at radius 2 is 2.15 bits per heavy atom. The predicted molar refractivity (Wildman–Crippen MR) is 95.3 cm³/mol. The number of anilines is 1. The number of alkyl halides is 2. The summed E-state index contributed by atoms with van der Waals surface area (Å²) in [4.78, 5) is 18.6. The van der Waals surface area contributed by atoms with Crippen LogP contribution in [0, 0.1) is 17.2 Å². The van der Waals surface area contributed by atoms with Gasteiger partial charge >= 0.3 is 0 Å². The second-order valence-electron chi connectivity index (χ2n) is 7.26. The van der Waals surface area contributed by atoms with Gasteiger partial charge < -0.3 is 15.0 Å². The van der Waals surface area contributed by atoms with Gasteiger partial charge in [0.05, 0.1) is 23.8 Å². The monoisotopic (exact) mass is 378 g/mol. The Labute approximate surface area is 157 Å². The summed E-state index contributed by atoms with van der Waals surface area (Å²) in [5.41, 5.74) is 0.499. The van der Waals surface area contributed by atoms with Gasteiger partial charge in [-0.3, -0.25) is 4.79 Å². The molecule has 2 fully saturated rings. The van der Waals surface area contributed by atoms with Crippen LogP contribution < -0.4 is 5.32 Å². The van der Waals surface area contributed by atoms with Crippen LogP contribution in [0.25, 0.3) is 0 Å². The van der Waals surface area contributed by atoms with Crippen LogP contribution in [0.5, 0.6) is 0 Å². The number of piperidine rings is 1. The first-order chi connectivity index (χ1) is 12.9. The molecule has 2 heterocycles. The maximum Gasteiger partial charge on any atom is 0.251 e. The number of halogens is 2. The van der Waals surface area contributed by atoms with Crippen molar-refractivity contribution < 1.29 is 18.3 Å². The molecule has 1 saturated heterocycles. The molecule has 1 saturated carbocycles. The number of likely N-dealkylation sites (tertiary alicyclic amines) is 1. The van der Waals surface area contributed by atoms with Gasteiger partial charge in [-0.25, -0.2) is 13.8 Å².